The number of methoxy groups -OCH3 is 2. The summed E-state index contributed by atoms with van der Waals surface area (Å²) in [6, 6.07) is 5.45. The fourth-order valence-electron chi connectivity index (χ4n) is 1.84. The van der Waals surface area contributed by atoms with Crippen LogP contribution in [0.3, 0.4) is 0 Å². The summed E-state index contributed by atoms with van der Waals surface area (Å²) in [7, 11) is 3.17. The maximum atomic E-state index is 10.8. The molecule has 0 saturated carbocycles. The predicted octanol–water partition coefficient (Wildman–Crippen LogP) is 2.67. The van der Waals surface area contributed by atoms with E-state index >= 15 is 0 Å². The zero-order valence-corrected chi connectivity index (χ0v) is 10.4. The summed E-state index contributed by atoms with van der Waals surface area (Å²) >= 11 is 0. The molecule has 0 saturated heterocycles. The van der Waals surface area contributed by atoms with Crippen LogP contribution in [0.4, 0.5) is 0 Å². The highest BCUT2D eigenvalue weighted by Crippen LogP contribution is 2.34. The van der Waals surface area contributed by atoms with Crippen LogP contribution in [0.25, 0.3) is 0 Å². The number of hydrogen-bond acceptors (Lipinski definition) is 3. The maximum Gasteiger partial charge on any atom is 0.303 e. The molecular weight excluding hydrogens is 220 g/mol. The van der Waals surface area contributed by atoms with E-state index in [0.717, 1.165) is 12.0 Å². The first-order valence-electron chi connectivity index (χ1n) is 5.56. The number of benzene rings is 1. The number of carboxylic acid groups (broad SMARTS) is 1. The monoisotopic (exact) mass is 238 g/mol. The van der Waals surface area contributed by atoms with Crippen LogP contribution >= 0.6 is 0 Å². The van der Waals surface area contributed by atoms with Gasteiger partial charge in [0.05, 0.1) is 20.6 Å². The molecule has 0 radical (unpaired) electrons. The van der Waals surface area contributed by atoms with Crippen molar-refractivity contribution in [2.24, 2.45) is 0 Å². The first kappa shape index (κ1) is 13.4. The summed E-state index contributed by atoms with van der Waals surface area (Å²) < 4.78 is 10.4. The van der Waals surface area contributed by atoms with Crippen LogP contribution in [-0.4, -0.2) is 25.3 Å². The minimum Gasteiger partial charge on any atom is -0.497 e. The van der Waals surface area contributed by atoms with Gasteiger partial charge in [-0.2, -0.15) is 0 Å². The lowest BCUT2D eigenvalue weighted by Crippen LogP contribution is -2.07. The molecule has 0 aliphatic heterocycles. The number of carboxylic acids is 1. The Kier molecular flexibility index (Phi) is 4.82. The van der Waals surface area contributed by atoms with E-state index in [2.05, 4.69) is 0 Å². The van der Waals surface area contributed by atoms with Gasteiger partial charge in [0.25, 0.3) is 0 Å². The van der Waals surface area contributed by atoms with Gasteiger partial charge >= 0.3 is 5.97 Å². The summed E-state index contributed by atoms with van der Waals surface area (Å²) in [6.45, 7) is 1.96. The third kappa shape index (κ3) is 3.37. The largest absolute Gasteiger partial charge is 0.497 e. The molecule has 0 bridgehead atoms. The van der Waals surface area contributed by atoms with Crippen LogP contribution in [-0.2, 0) is 4.79 Å². The molecule has 0 aliphatic carbocycles. The highest BCUT2D eigenvalue weighted by atomic mass is 16.5. The van der Waals surface area contributed by atoms with Crippen molar-refractivity contribution in [3.63, 3.8) is 0 Å². The topological polar surface area (TPSA) is 55.8 Å². The number of hydrogen-bond donors (Lipinski definition) is 1. The van der Waals surface area contributed by atoms with Gasteiger partial charge in [0.15, 0.2) is 0 Å². The Labute approximate surface area is 101 Å². The van der Waals surface area contributed by atoms with Crippen molar-refractivity contribution in [1.29, 1.82) is 0 Å². The quantitative estimate of drug-likeness (QED) is 0.827. The molecule has 4 heteroatoms. The van der Waals surface area contributed by atoms with E-state index in [-0.39, 0.29) is 12.3 Å². The van der Waals surface area contributed by atoms with Crippen LogP contribution < -0.4 is 9.47 Å². The molecule has 1 atom stereocenters. The zero-order valence-electron chi connectivity index (χ0n) is 10.4. The summed E-state index contributed by atoms with van der Waals surface area (Å²) in [5.41, 5.74) is 0.886. The second-order valence-electron chi connectivity index (χ2n) is 3.81. The normalized spacial score (nSPS) is 11.9. The Hall–Kier alpha value is -1.71. The van der Waals surface area contributed by atoms with Gasteiger partial charge in [-0.05, 0) is 30.5 Å². The third-order valence-corrected chi connectivity index (χ3v) is 2.79. The molecule has 94 valence electrons. The van der Waals surface area contributed by atoms with Gasteiger partial charge in [-0.15, -0.1) is 0 Å². The number of aliphatic carboxylic acids is 1. The number of carbonyl (C=O) groups is 1. The number of rotatable bonds is 6. The van der Waals surface area contributed by atoms with Gasteiger partial charge in [-0.3, -0.25) is 4.79 Å². The van der Waals surface area contributed by atoms with Crippen LogP contribution in [0.1, 0.15) is 31.2 Å². The first-order chi connectivity index (χ1) is 8.12. The average Bonchev–Trinajstić information content (AvgIpc) is 2.34. The van der Waals surface area contributed by atoms with Crippen LogP contribution in [0.5, 0.6) is 11.5 Å². The van der Waals surface area contributed by atoms with Crippen molar-refractivity contribution in [2.45, 2.75) is 25.7 Å². The Morgan fingerprint density at radius 3 is 2.53 bits per heavy atom. The smallest absolute Gasteiger partial charge is 0.303 e. The van der Waals surface area contributed by atoms with E-state index in [1.165, 1.54) is 0 Å². The molecule has 0 heterocycles. The van der Waals surface area contributed by atoms with Crippen LogP contribution in [0, 0.1) is 0 Å². The molecule has 17 heavy (non-hydrogen) atoms. The van der Waals surface area contributed by atoms with Crippen LogP contribution in [0.15, 0.2) is 18.2 Å². The summed E-state index contributed by atoms with van der Waals surface area (Å²) in [5.74, 6) is 0.558. The lowest BCUT2D eigenvalue weighted by Gasteiger charge is -2.17. The summed E-state index contributed by atoms with van der Waals surface area (Å²) in [6.07, 6.45) is 0.843. The molecule has 0 amide bonds. The first-order valence-corrected chi connectivity index (χ1v) is 5.56. The highest BCUT2D eigenvalue weighted by molar-refractivity contribution is 5.68. The van der Waals surface area contributed by atoms with Crippen molar-refractivity contribution in [3.8, 4) is 11.5 Å². The van der Waals surface area contributed by atoms with Gasteiger partial charge < -0.3 is 14.6 Å². The average molecular weight is 238 g/mol. The number of ether oxygens (including phenoxy) is 2. The van der Waals surface area contributed by atoms with E-state index in [0.29, 0.717) is 11.5 Å². The minimum atomic E-state index is -0.804. The third-order valence-electron chi connectivity index (χ3n) is 2.79. The molecule has 1 N–H and O–H groups in total. The van der Waals surface area contributed by atoms with Crippen molar-refractivity contribution < 1.29 is 19.4 Å². The van der Waals surface area contributed by atoms with Gasteiger partial charge in [0.1, 0.15) is 11.5 Å². The molecule has 0 fully saturated rings. The van der Waals surface area contributed by atoms with E-state index in [1.54, 1.807) is 26.4 Å². The second kappa shape index (κ2) is 6.13. The van der Waals surface area contributed by atoms with Crippen molar-refractivity contribution >= 4 is 5.97 Å². The molecule has 0 spiro atoms. The van der Waals surface area contributed by atoms with E-state index in [1.807, 2.05) is 13.0 Å². The lowest BCUT2D eigenvalue weighted by molar-refractivity contribution is -0.137. The maximum absolute atomic E-state index is 10.8. The Balaban J connectivity index is 3.09. The Morgan fingerprint density at radius 1 is 1.35 bits per heavy atom. The predicted molar refractivity (Wildman–Crippen MR) is 64.8 cm³/mol. The standard InChI is InChI=1S/C13H18O4/c1-4-9(7-13(14)15)11-8-10(16-2)5-6-12(11)17-3/h5-6,8-9H,4,7H2,1-3H3,(H,14,15). The van der Waals surface area contributed by atoms with Crippen molar-refractivity contribution in [1.82, 2.24) is 0 Å². The van der Waals surface area contributed by atoms with Gasteiger partial charge in [0.2, 0.25) is 0 Å². The molecule has 1 rings (SSSR count). The minimum absolute atomic E-state index is 0.0578. The van der Waals surface area contributed by atoms with Crippen molar-refractivity contribution in [3.05, 3.63) is 23.8 Å². The Bertz CT molecular complexity index is 387. The van der Waals surface area contributed by atoms with E-state index in [4.69, 9.17) is 14.6 Å². The highest BCUT2D eigenvalue weighted by Gasteiger charge is 2.18. The molecule has 1 aromatic carbocycles. The molecule has 1 unspecified atom stereocenters. The van der Waals surface area contributed by atoms with Crippen molar-refractivity contribution in [2.75, 3.05) is 14.2 Å². The zero-order chi connectivity index (χ0) is 12.8. The summed E-state index contributed by atoms with van der Waals surface area (Å²) in [4.78, 5) is 10.8. The molecule has 4 nitrogen and oxygen atoms in total. The summed E-state index contributed by atoms with van der Waals surface area (Å²) in [5, 5.41) is 8.89. The Morgan fingerprint density at radius 2 is 2.06 bits per heavy atom. The molecule has 0 aromatic heterocycles. The van der Waals surface area contributed by atoms with Gasteiger partial charge in [-0.1, -0.05) is 6.92 Å². The fraction of sp³-hybridized carbons (Fsp3) is 0.462. The molecular formula is C13H18O4. The van der Waals surface area contributed by atoms with Gasteiger partial charge in [0, 0.05) is 5.56 Å². The van der Waals surface area contributed by atoms with E-state index < -0.39 is 5.97 Å². The fourth-order valence-corrected chi connectivity index (χ4v) is 1.84. The van der Waals surface area contributed by atoms with E-state index in [9.17, 15) is 4.79 Å². The molecule has 0 aliphatic rings. The second-order valence-corrected chi connectivity index (χ2v) is 3.81. The SMILES string of the molecule is CCC(CC(=O)O)c1cc(OC)ccc1OC. The van der Waals surface area contributed by atoms with Crippen LogP contribution in [0.2, 0.25) is 0 Å². The molecule has 1 aromatic rings. The van der Waals surface area contributed by atoms with Gasteiger partial charge in [-0.25, -0.2) is 0 Å². The lowest BCUT2D eigenvalue weighted by atomic mass is 9.92.